The summed E-state index contributed by atoms with van der Waals surface area (Å²) in [6, 6.07) is 15.5. The molecule has 27 heavy (non-hydrogen) atoms. The van der Waals surface area contributed by atoms with Gasteiger partial charge in [0.2, 0.25) is 0 Å². The van der Waals surface area contributed by atoms with Crippen LogP contribution in [-0.4, -0.2) is 18.0 Å². The SMILES string of the molecule is COc1ccc(CNC(=O)c2sc(COc3ccc(C)cc3)nc2C)cc1. The average Bonchev–Trinajstić information content (AvgIpc) is 3.07. The lowest BCUT2D eigenvalue weighted by Gasteiger charge is -2.05. The van der Waals surface area contributed by atoms with Crippen LogP contribution < -0.4 is 14.8 Å². The van der Waals surface area contributed by atoms with Gasteiger partial charge in [0.05, 0.1) is 12.8 Å². The van der Waals surface area contributed by atoms with Crippen molar-refractivity contribution in [3.05, 3.63) is 75.2 Å². The molecule has 0 saturated carbocycles. The Labute approximate surface area is 163 Å². The lowest BCUT2D eigenvalue weighted by atomic mass is 10.2. The number of methoxy groups -OCH3 is 1. The highest BCUT2D eigenvalue weighted by molar-refractivity contribution is 7.13. The van der Waals surface area contributed by atoms with Crippen LogP contribution in [-0.2, 0) is 13.2 Å². The van der Waals surface area contributed by atoms with Crippen LogP contribution in [0, 0.1) is 13.8 Å². The largest absolute Gasteiger partial charge is 0.497 e. The molecule has 1 N–H and O–H groups in total. The molecule has 3 rings (SSSR count). The van der Waals surface area contributed by atoms with Gasteiger partial charge in [-0.1, -0.05) is 29.8 Å². The zero-order valence-corrected chi connectivity index (χ0v) is 16.4. The van der Waals surface area contributed by atoms with Crippen molar-refractivity contribution in [2.75, 3.05) is 7.11 Å². The van der Waals surface area contributed by atoms with Gasteiger partial charge in [0, 0.05) is 6.54 Å². The second-order valence-corrected chi connectivity index (χ2v) is 7.24. The smallest absolute Gasteiger partial charge is 0.263 e. The summed E-state index contributed by atoms with van der Waals surface area (Å²) in [6.07, 6.45) is 0. The topological polar surface area (TPSA) is 60.5 Å². The predicted octanol–water partition coefficient (Wildman–Crippen LogP) is 4.28. The van der Waals surface area contributed by atoms with E-state index in [-0.39, 0.29) is 5.91 Å². The molecule has 140 valence electrons. The molecule has 0 bridgehead atoms. The first-order valence-electron chi connectivity index (χ1n) is 8.62. The third kappa shape index (κ3) is 5.08. The fourth-order valence-electron chi connectivity index (χ4n) is 2.51. The fourth-order valence-corrected chi connectivity index (χ4v) is 3.40. The van der Waals surface area contributed by atoms with Crippen LogP contribution in [0.1, 0.15) is 31.5 Å². The molecule has 5 nitrogen and oxygen atoms in total. The molecule has 2 aromatic carbocycles. The molecule has 0 saturated heterocycles. The summed E-state index contributed by atoms with van der Waals surface area (Å²) >= 11 is 1.36. The van der Waals surface area contributed by atoms with Crippen LogP contribution >= 0.6 is 11.3 Å². The molecule has 1 aromatic heterocycles. The van der Waals surface area contributed by atoms with Crippen LogP contribution in [0.4, 0.5) is 0 Å². The molecule has 1 amide bonds. The first-order valence-corrected chi connectivity index (χ1v) is 9.43. The Morgan fingerprint density at radius 2 is 1.70 bits per heavy atom. The van der Waals surface area contributed by atoms with Crippen LogP contribution in [0.2, 0.25) is 0 Å². The Kier molecular flexibility index (Phi) is 6.08. The number of benzene rings is 2. The van der Waals surface area contributed by atoms with Gasteiger partial charge >= 0.3 is 0 Å². The summed E-state index contributed by atoms with van der Waals surface area (Å²) in [6.45, 7) is 4.68. The van der Waals surface area contributed by atoms with Crippen molar-refractivity contribution in [1.82, 2.24) is 10.3 Å². The van der Waals surface area contributed by atoms with E-state index < -0.39 is 0 Å². The van der Waals surface area contributed by atoms with Crippen LogP contribution in [0.15, 0.2) is 48.5 Å². The van der Waals surface area contributed by atoms with Crippen LogP contribution in [0.3, 0.4) is 0 Å². The lowest BCUT2D eigenvalue weighted by molar-refractivity contribution is 0.0954. The van der Waals surface area contributed by atoms with Crippen LogP contribution in [0.5, 0.6) is 11.5 Å². The average molecular weight is 382 g/mol. The van der Waals surface area contributed by atoms with Gasteiger partial charge in [-0.05, 0) is 43.7 Å². The summed E-state index contributed by atoms with van der Waals surface area (Å²) in [5.41, 5.74) is 2.91. The summed E-state index contributed by atoms with van der Waals surface area (Å²) < 4.78 is 10.9. The molecule has 0 fully saturated rings. The van der Waals surface area contributed by atoms with Crippen LogP contribution in [0.25, 0.3) is 0 Å². The Morgan fingerprint density at radius 1 is 1.04 bits per heavy atom. The highest BCUT2D eigenvalue weighted by Crippen LogP contribution is 2.21. The summed E-state index contributed by atoms with van der Waals surface area (Å²) in [5, 5.41) is 3.72. The molecular weight excluding hydrogens is 360 g/mol. The molecule has 0 aliphatic rings. The number of hydrogen-bond donors (Lipinski definition) is 1. The second-order valence-electron chi connectivity index (χ2n) is 6.15. The van der Waals surface area contributed by atoms with E-state index in [1.165, 1.54) is 16.9 Å². The Bertz CT molecular complexity index is 902. The van der Waals surface area contributed by atoms with Gasteiger partial charge in [-0.2, -0.15) is 0 Å². The number of nitrogens with one attached hydrogen (secondary N) is 1. The van der Waals surface area contributed by atoms with Gasteiger partial charge in [0.1, 0.15) is 28.0 Å². The van der Waals surface area contributed by atoms with Gasteiger partial charge < -0.3 is 14.8 Å². The summed E-state index contributed by atoms with van der Waals surface area (Å²) in [5.74, 6) is 1.46. The first-order chi connectivity index (χ1) is 13.0. The molecular formula is C21H22N2O3S. The predicted molar refractivity (Wildman–Crippen MR) is 107 cm³/mol. The summed E-state index contributed by atoms with van der Waals surface area (Å²) in [7, 11) is 1.63. The lowest BCUT2D eigenvalue weighted by Crippen LogP contribution is -2.22. The Balaban J connectivity index is 1.57. The molecule has 0 aliphatic carbocycles. The maximum Gasteiger partial charge on any atom is 0.263 e. The van der Waals surface area contributed by atoms with Crippen molar-refractivity contribution >= 4 is 17.2 Å². The molecule has 0 spiro atoms. The first kappa shape index (κ1) is 18.9. The minimum Gasteiger partial charge on any atom is -0.497 e. The van der Waals surface area contributed by atoms with Gasteiger partial charge in [-0.15, -0.1) is 11.3 Å². The quantitative estimate of drug-likeness (QED) is 0.663. The molecule has 0 aliphatic heterocycles. The maximum atomic E-state index is 12.5. The number of hydrogen-bond acceptors (Lipinski definition) is 5. The Hall–Kier alpha value is -2.86. The monoisotopic (exact) mass is 382 g/mol. The zero-order valence-electron chi connectivity index (χ0n) is 15.6. The number of thiazole rings is 1. The molecule has 0 unspecified atom stereocenters. The van der Waals surface area contributed by atoms with E-state index >= 15 is 0 Å². The van der Waals surface area contributed by atoms with Crippen molar-refractivity contribution in [2.24, 2.45) is 0 Å². The molecule has 3 aromatic rings. The van der Waals surface area contributed by atoms with Gasteiger partial charge in [-0.3, -0.25) is 4.79 Å². The minimum absolute atomic E-state index is 0.123. The van der Waals surface area contributed by atoms with Crippen molar-refractivity contribution in [3.63, 3.8) is 0 Å². The van der Waals surface area contributed by atoms with E-state index in [2.05, 4.69) is 10.3 Å². The fraction of sp³-hybridized carbons (Fsp3) is 0.238. The van der Waals surface area contributed by atoms with E-state index in [4.69, 9.17) is 9.47 Å². The number of ether oxygens (including phenoxy) is 2. The van der Waals surface area contributed by atoms with Gasteiger partial charge in [0.25, 0.3) is 5.91 Å². The highest BCUT2D eigenvalue weighted by atomic mass is 32.1. The number of amides is 1. The highest BCUT2D eigenvalue weighted by Gasteiger charge is 2.15. The molecule has 1 heterocycles. The summed E-state index contributed by atoms with van der Waals surface area (Å²) in [4.78, 5) is 17.6. The number of carbonyl (C=O) groups excluding carboxylic acids is 1. The molecule has 0 atom stereocenters. The maximum absolute atomic E-state index is 12.5. The normalized spacial score (nSPS) is 10.5. The van der Waals surface area contributed by atoms with E-state index in [0.29, 0.717) is 18.0 Å². The van der Waals surface area contributed by atoms with Crippen molar-refractivity contribution in [3.8, 4) is 11.5 Å². The van der Waals surface area contributed by atoms with Crippen molar-refractivity contribution < 1.29 is 14.3 Å². The van der Waals surface area contributed by atoms with E-state index in [0.717, 1.165) is 27.8 Å². The van der Waals surface area contributed by atoms with E-state index in [1.807, 2.05) is 62.4 Å². The standard InChI is InChI=1S/C21H22N2O3S/c1-14-4-8-18(9-5-14)26-13-19-23-15(2)20(27-19)21(24)22-12-16-6-10-17(25-3)11-7-16/h4-11H,12-13H2,1-3H3,(H,22,24). The van der Waals surface area contributed by atoms with E-state index in [9.17, 15) is 4.79 Å². The van der Waals surface area contributed by atoms with Gasteiger partial charge in [-0.25, -0.2) is 4.98 Å². The Morgan fingerprint density at radius 3 is 2.37 bits per heavy atom. The third-order valence-corrected chi connectivity index (χ3v) is 5.17. The minimum atomic E-state index is -0.123. The third-order valence-electron chi connectivity index (χ3n) is 4.04. The van der Waals surface area contributed by atoms with E-state index in [1.54, 1.807) is 7.11 Å². The van der Waals surface area contributed by atoms with Crippen molar-refractivity contribution in [2.45, 2.75) is 27.0 Å². The number of aromatic nitrogens is 1. The number of nitrogens with zero attached hydrogens (tertiary/aromatic N) is 1. The number of carbonyl (C=O) groups is 1. The molecule has 0 radical (unpaired) electrons. The number of rotatable bonds is 7. The second kappa shape index (κ2) is 8.68. The number of aryl methyl sites for hydroxylation is 2. The van der Waals surface area contributed by atoms with Gasteiger partial charge in [0.15, 0.2) is 0 Å². The molecule has 6 heteroatoms. The van der Waals surface area contributed by atoms with Crippen molar-refractivity contribution in [1.29, 1.82) is 0 Å². The zero-order chi connectivity index (χ0) is 19.2.